The number of likely N-dealkylation sites (N-methyl/N-ethyl adjacent to an activating group) is 1. The molecule has 22 heavy (non-hydrogen) atoms. The van der Waals surface area contributed by atoms with E-state index in [1.165, 1.54) is 18.5 Å². The number of carbonyl (C=O) groups is 1. The van der Waals surface area contributed by atoms with Gasteiger partial charge in [0.1, 0.15) is 6.04 Å². The standard InChI is InChI=1S/C15H22N6O/c1-19(2)14(12-8-16-9-20(12)3)15(22)17-13-7-11(10-5-6-10)21(4)18-13/h7-10,14H,5-6H2,1-4H3,(H,17,18,22). The Bertz CT molecular complexity index is 682. The van der Waals surface area contributed by atoms with Gasteiger partial charge in [0.25, 0.3) is 0 Å². The number of nitrogens with zero attached hydrogens (tertiary/aromatic N) is 5. The van der Waals surface area contributed by atoms with Gasteiger partial charge in [-0.1, -0.05) is 0 Å². The van der Waals surface area contributed by atoms with Crippen LogP contribution in [0.3, 0.4) is 0 Å². The summed E-state index contributed by atoms with van der Waals surface area (Å²) >= 11 is 0. The van der Waals surface area contributed by atoms with Crippen LogP contribution in [0.15, 0.2) is 18.6 Å². The van der Waals surface area contributed by atoms with Crippen molar-refractivity contribution in [1.82, 2.24) is 24.2 Å². The second-order valence-corrected chi connectivity index (χ2v) is 6.14. The number of amides is 1. The molecule has 1 atom stereocenters. The molecule has 2 aromatic heterocycles. The largest absolute Gasteiger partial charge is 0.336 e. The minimum Gasteiger partial charge on any atom is -0.336 e. The molecule has 118 valence electrons. The Morgan fingerprint density at radius 1 is 1.41 bits per heavy atom. The van der Waals surface area contributed by atoms with E-state index < -0.39 is 6.04 Å². The third-order valence-corrected chi connectivity index (χ3v) is 4.06. The van der Waals surface area contributed by atoms with Gasteiger partial charge >= 0.3 is 0 Å². The maximum absolute atomic E-state index is 12.7. The number of aromatic nitrogens is 4. The lowest BCUT2D eigenvalue weighted by Crippen LogP contribution is -2.33. The zero-order valence-electron chi connectivity index (χ0n) is 13.4. The maximum atomic E-state index is 12.7. The number of aryl methyl sites for hydroxylation is 2. The fraction of sp³-hybridized carbons (Fsp3) is 0.533. The topological polar surface area (TPSA) is 68.0 Å². The summed E-state index contributed by atoms with van der Waals surface area (Å²) in [4.78, 5) is 18.6. The van der Waals surface area contributed by atoms with E-state index in [2.05, 4.69) is 15.4 Å². The number of carbonyl (C=O) groups excluding carboxylic acids is 1. The molecule has 1 N–H and O–H groups in total. The van der Waals surface area contributed by atoms with Gasteiger partial charge in [0.15, 0.2) is 5.82 Å². The van der Waals surface area contributed by atoms with Gasteiger partial charge in [0.05, 0.1) is 18.2 Å². The van der Waals surface area contributed by atoms with Gasteiger partial charge in [-0.3, -0.25) is 14.4 Å². The number of hydrogen-bond acceptors (Lipinski definition) is 4. The average Bonchev–Trinajstić information content (AvgIpc) is 3.10. The Hall–Kier alpha value is -2.15. The van der Waals surface area contributed by atoms with Gasteiger partial charge in [-0.05, 0) is 26.9 Å². The summed E-state index contributed by atoms with van der Waals surface area (Å²) < 4.78 is 3.72. The number of anilines is 1. The molecule has 1 aliphatic rings. The van der Waals surface area contributed by atoms with Gasteiger partial charge in [0.2, 0.25) is 5.91 Å². The van der Waals surface area contributed by atoms with Crippen LogP contribution in [0.1, 0.15) is 36.2 Å². The Labute approximate surface area is 129 Å². The Morgan fingerprint density at radius 3 is 2.68 bits per heavy atom. The van der Waals surface area contributed by atoms with Gasteiger partial charge in [0, 0.05) is 31.8 Å². The molecule has 1 saturated carbocycles. The van der Waals surface area contributed by atoms with Crippen LogP contribution in [0.5, 0.6) is 0 Å². The van der Waals surface area contributed by atoms with Crippen molar-refractivity contribution in [3.63, 3.8) is 0 Å². The van der Waals surface area contributed by atoms with Crippen molar-refractivity contribution in [3.8, 4) is 0 Å². The summed E-state index contributed by atoms with van der Waals surface area (Å²) in [5, 5.41) is 7.33. The zero-order valence-corrected chi connectivity index (χ0v) is 13.4. The van der Waals surface area contributed by atoms with E-state index in [0.29, 0.717) is 11.7 Å². The van der Waals surface area contributed by atoms with Gasteiger partial charge in [-0.15, -0.1) is 0 Å². The highest BCUT2D eigenvalue weighted by Crippen LogP contribution is 2.40. The van der Waals surface area contributed by atoms with Crippen LogP contribution < -0.4 is 5.32 Å². The predicted molar refractivity (Wildman–Crippen MR) is 83.4 cm³/mol. The molecule has 0 bridgehead atoms. The van der Waals surface area contributed by atoms with Crippen molar-refractivity contribution in [3.05, 3.63) is 30.0 Å². The SMILES string of the molecule is CN(C)C(C(=O)Nc1cc(C2CC2)n(C)n1)c1cncn1C. The van der Waals surface area contributed by atoms with E-state index >= 15 is 0 Å². The second-order valence-electron chi connectivity index (χ2n) is 6.14. The summed E-state index contributed by atoms with van der Waals surface area (Å²) in [7, 11) is 7.57. The molecule has 0 aliphatic heterocycles. The summed E-state index contributed by atoms with van der Waals surface area (Å²) in [5.41, 5.74) is 2.04. The summed E-state index contributed by atoms with van der Waals surface area (Å²) in [6.07, 6.45) is 5.84. The first-order chi connectivity index (χ1) is 10.5. The zero-order chi connectivity index (χ0) is 15.9. The number of nitrogens with one attached hydrogen (secondary N) is 1. The molecule has 1 fully saturated rings. The second kappa shape index (κ2) is 5.57. The van der Waals surface area contributed by atoms with Crippen LogP contribution in [0.25, 0.3) is 0 Å². The molecule has 1 amide bonds. The Balaban J connectivity index is 1.79. The average molecular weight is 302 g/mol. The molecule has 0 spiro atoms. The quantitative estimate of drug-likeness (QED) is 0.903. The van der Waals surface area contributed by atoms with E-state index in [1.807, 2.05) is 48.4 Å². The molecule has 0 saturated heterocycles. The molecule has 3 rings (SSSR count). The van der Waals surface area contributed by atoms with Crippen molar-refractivity contribution in [2.75, 3.05) is 19.4 Å². The lowest BCUT2D eigenvalue weighted by Gasteiger charge is -2.23. The lowest BCUT2D eigenvalue weighted by molar-refractivity contribution is -0.120. The van der Waals surface area contributed by atoms with Gasteiger partial charge < -0.3 is 9.88 Å². The predicted octanol–water partition coefficient (Wildman–Crippen LogP) is 1.27. The molecule has 0 aromatic carbocycles. The van der Waals surface area contributed by atoms with Crippen LogP contribution >= 0.6 is 0 Å². The van der Waals surface area contributed by atoms with Crippen LogP contribution in [-0.2, 0) is 18.9 Å². The molecule has 0 radical (unpaired) electrons. The van der Waals surface area contributed by atoms with Crippen molar-refractivity contribution in [2.45, 2.75) is 24.8 Å². The summed E-state index contributed by atoms with van der Waals surface area (Å²) in [6.45, 7) is 0. The fourth-order valence-electron chi connectivity index (χ4n) is 2.76. The van der Waals surface area contributed by atoms with Crippen molar-refractivity contribution in [2.24, 2.45) is 14.1 Å². The van der Waals surface area contributed by atoms with Crippen LogP contribution in [0, 0.1) is 0 Å². The maximum Gasteiger partial charge on any atom is 0.249 e. The number of imidazole rings is 1. The molecule has 7 heteroatoms. The van der Waals surface area contributed by atoms with Crippen LogP contribution in [0.4, 0.5) is 5.82 Å². The van der Waals surface area contributed by atoms with Crippen LogP contribution in [0.2, 0.25) is 0 Å². The highest BCUT2D eigenvalue weighted by molar-refractivity contribution is 5.94. The van der Waals surface area contributed by atoms with E-state index in [0.717, 1.165) is 5.69 Å². The molecule has 1 aliphatic carbocycles. The van der Waals surface area contributed by atoms with Crippen molar-refractivity contribution in [1.29, 1.82) is 0 Å². The summed E-state index contributed by atoms with van der Waals surface area (Å²) in [5.74, 6) is 1.11. The van der Waals surface area contributed by atoms with E-state index in [1.54, 1.807) is 12.5 Å². The van der Waals surface area contributed by atoms with Crippen molar-refractivity contribution >= 4 is 11.7 Å². The Morgan fingerprint density at radius 2 is 2.14 bits per heavy atom. The minimum atomic E-state index is -0.404. The number of hydrogen-bond donors (Lipinski definition) is 1. The molecular weight excluding hydrogens is 280 g/mol. The van der Waals surface area contributed by atoms with E-state index in [9.17, 15) is 4.79 Å². The smallest absolute Gasteiger partial charge is 0.249 e. The monoisotopic (exact) mass is 302 g/mol. The third-order valence-electron chi connectivity index (χ3n) is 4.06. The van der Waals surface area contributed by atoms with Crippen molar-refractivity contribution < 1.29 is 4.79 Å². The molecule has 7 nitrogen and oxygen atoms in total. The molecule has 2 heterocycles. The fourth-order valence-corrected chi connectivity index (χ4v) is 2.76. The first-order valence-corrected chi connectivity index (χ1v) is 7.45. The van der Waals surface area contributed by atoms with E-state index in [-0.39, 0.29) is 5.91 Å². The highest BCUT2D eigenvalue weighted by Gasteiger charge is 2.29. The summed E-state index contributed by atoms with van der Waals surface area (Å²) in [6, 6.07) is 1.57. The van der Waals surface area contributed by atoms with Gasteiger partial charge in [-0.2, -0.15) is 5.10 Å². The molecular formula is C15H22N6O. The van der Waals surface area contributed by atoms with Crippen LogP contribution in [-0.4, -0.2) is 44.2 Å². The minimum absolute atomic E-state index is 0.103. The Kier molecular flexibility index (Phi) is 3.74. The lowest BCUT2D eigenvalue weighted by atomic mass is 10.2. The van der Waals surface area contributed by atoms with Gasteiger partial charge in [-0.25, -0.2) is 4.98 Å². The molecule has 2 aromatic rings. The molecule has 1 unspecified atom stereocenters. The number of rotatable bonds is 5. The van der Waals surface area contributed by atoms with E-state index in [4.69, 9.17) is 0 Å². The normalized spacial score (nSPS) is 16.0. The highest BCUT2D eigenvalue weighted by atomic mass is 16.2. The first-order valence-electron chi connectivity index (χ1n) is 7.45. The third kappa shape index (κ3) is 2.76. The first kappa shape index (κ1) is 14.8.